The van der Waals surface area contributed by atoms with Crippen LogP contribution >= 0.6 is 0 Å². The van der Waals surface area contributed by atoms with E-state index in [4.69, 9.17) is 4.74 Å². The Bertz CT molecular complexity index is 972. The molecule has 4 heterocycles. The van der Waals surface area contributed by atoms with E-state index in [0.717, 1.165) is 46.9 Å². The molecule has 1 aliphatic rings. The van der Waals surface area contributed by atoms with Crippen LogP contribution in [-0.2, 0) is 4.74 Å². The number of nitrogens with zero attached hydrogens (tertiary/aromatic N) is 3. The first-order valence-electron chi connectivity index (χ1n) is 9.44. The predicted octanol–water partition coefficient (Wildman–Crippen LogP) is 3.06. The number of carbonyl (C=O) groups excluding carboxylic acids is 1. The fourth-order valence-electron chi connectivity index (χ4n) is 3.24. The summed E-state index contributed by atoms with van der Waals surface area (Å²) in [5.74, 6) is 0.631. The van der Waals surface area contributed by atoms with E-state index >= 15 is 0 Å². The molecule has 1 fully saturated rings. The van der Waals surface area contributed by atoms with Gasteiger partial charge in [-0.15, -0.1) is 0 Å². The topological polar surface area (TPSA) is 92.8 Å². The van der Waals surface area contributed by atoms with Gasteiger partial charge in [0.25, 0.3) is 5.91 Å². The van der Waals surface area contributed by atoms with Crippen molar-refractivity contribution in [1.82, 2.24) is 25.3 Å². The molecule has 0 unspecified atom stereocenters. The van der Waals surface area contributed by atoms with Crippen molar-refractivity contribution in [2.75, 3.05) is 13.2 Å². The van der Waals surface area contributed by atoms with Gasteiger partial charge in [-0.25, -0.2) is 4.98 Å². The highest BCUT2D eigenvalue weighted by Gasteiger charge is 2.17. The third kappa shape index (κ3) is 3.94. The van der Waals surface area contributed by atoms with Gasteiger partial charge in [-0.3, -0.25) is 14.8 Å². The van der Waals surface area contributed by atoms with Crippen LogP contribution in [0.15, 0.2) is 36.8 Å². The first-order chi connectivity index (χ1) is 13.6. The lowest BCUT2D eigenvalue weighted by Gasteiger charge is -2.23. The van der Waals surface area contributed by atoms with E-state index in [-0.39, 0.29) is 11.9 Å². The number of aryl methyl sites for hydroxylation is 2. The molecule has 1 aliphatic heterocycles. The number of aromatic amines is 1. The standard InChI is InChI=1S/C21H23N5O2/c1-13-14(2)25-20(24-13)19-10-15(3-6-23-19)16-9-17(12-22-11-16)21(27)26-18-4-7-28-8-5-18/h3,6,9-12,18H,4-5,7-8H2,1-2H3,(H,24,25)(H,26,27). The minimum atomic E-state index is -0.104. The highest BCUT2D eigenvalue weighted by molar-refractivity contribution is 5.95. The molecule has 0 aromatic carbocycles. The van der Waals surface area contributed by atoms with Gasteiger partial charge in [0.05, 0.1) is 11.3 Å². The monoisotopic (exact) mass is 377 g/mol. The largest absolute Gasteiger partial charge is 0.381 e. The number of hydrogen-bond acceptors (Lipinski definition) is 5. The summed E-state index contributed by atoms with van der Waals surface area (Å²) >= 11 is 0. The first-order valence-corrected chi connectivity index (χ1v) is 9.44. The summed E-state index contributed by atoms with van der Waals surface area (Å²) < 4.78 is 5.34. The molecule has 0 saturated carbocycles. The van der Waals surface area contributed by atoms with E-state index in [1.54, 1.807) is 18.6 Å². The molecule has 2 N–H and O–H groups in total. The van der Waals surface area contributed by atoms with Crippen molar-refractivity contribution in [1.29, 1.82) is 0 Å². The van der Waals surface area contributed by atoms with Crippen LogP contribution in [0.3, 0.4) is 0 Å². The number of carbonyl (C=O) groups is 1. The second-order valence-electron chi connectivity index (χ2n) is 7.05. The smallest absolute Gasteiger partial charge is 0.253 e. The Morgan fingerprint density at radius 2 is 2.00 bits per heavy atom. The lowest BCUT2D eigenvalue weighted by atomic mass is 10.0. The van der Waals surface area contributed by atoms with Gasteiger partial charge < -0.3 is 15.0 Å². The molecule has 0 atom stereocenters. The Kier molecular flexibility index (Phi) is 5.16. The van der Waals surface area contributed by atoms with Gasteiger partial charge >= 0.3 is 0 Å². The van der Waals surface area contributed by atoms with Gasteiger partial charge in [0.2, 0.25) is 0 Å². The quantitative estimate of drug-likeness (QED) is 0.729. The zero-order valence-corrected chi connectivity index (χ0v) is 16.0. The van der Waals surface area contributed by atoms with Crippen molar-refractivity contribution in [3.63, 3.8) is 0 Å². The van der Waals surface area contributed by atoms with E-state index in [2.05, 4.69) is 25.3 Å². The van der Waals surface area contributed by atoms with E-state index in [9.17, 15) is 4.79 Å². The fraction of sp³-hybridized carbons (Fsp3) is 0.333. The average Bonchev–Trinajstić information content (AvgIpc) is 3.07. The Hall–Kier alpha value is -3.06. The summed E-state index contributed by atoms with van der Waals surface area (Å²) in [4.78, 5) is 29.1. The third-order valence-corrected chi connectivity index (χ3v) is 5.02. The molecule has 0 spiro atoms. The van der Waals surface area contributed by atoms with E-state index in [0.29, 0.717) is 18.8 Å². The van der Waals surface area contributed by atoms with Crippen LogP contribution in [-0.4, -0.2) is 45.1 Å². The van der Waals surface area contributed by atoms with Gasteiger partial charge in [0, 0.05) is 49.1 Å². The summed E-state index contributed by atoms with van der Waals surface area (Å²) in [6, 6.07) is 5.88. The van der Waals surface area contributed by atoms with Gasteiger partial charge in [-0.05, 0) is 50.5 Å². The molecular formula is C21H23N5O2. The van der Waals surface area contributed by atoms with Crippen LogP contribution in [0, 0.1) is 13.8 Å². The highest BCUT2D eigenvalue weighted by atomic mass is 16.5. The zero-order valence-electron chi connectivity index (χ0n) is 16.0. The molecule has 4 rings (SSSR count). The summed E-state index contributed by atoms with van der Waals surface area (Å²) in [6.07, 6.45) is 6.78. The Balaban J connectivity index is 1.57. The predicted molar refractivity (Wildman–Crippen MR) is 106 cm³/mol. The van der Waals surface area contributed by atoms with Crippen LogP contribution in [0.2, 0.25) is 0 Å². The number of imidazole rings is 1. The summed E-state index contributed by atoms with van der Waals surface area (Å²) in [6.45, 7) is 5.33. The number of hydrogen-bond donors (Lipinski definition) is 2. The molecule has 7 nitrogen and oxygen atoms in total. The summed E-state index contributed by atoms with van der Waals surface area (Å²) in [5, 5.41) is 3.07. The van der Waals surface area contributed by atoms with Gasteiger partial charge in [-0.1, -0.05) is 0 Å². The maximum absolute atomic E-state index is 12.6. The Morgan fingerprint density at radius 3 is 2.75 bits per heavy atom. The number of aromatic nitrogens is 4. The molecule has 3 aromatic rings. The first kappa shape index (κ1) is 18.3. The van der Waals surface area contributed by atoms with Gasteiger partial charge in [0.1, 0.15) is 5.69 Å². The second kappa shape index (κ2) is 7.90. The van der Waals surface area contributed by atoms with Crippen molar-refractivity contribution in [3.05, 3.63) is 53.7 Å². The van der Waals surface area contributed by atoms with Crippen molar-refractivity contribution < 1.29 is 9.53 Å². The molecule has 1 saturated heterocycles. The van der Waals surface area contributed by atoms with Crippen LogP contribution < -0.4 is 5.32 Å². The minimum absolute atomic E-state index is 0.104. The maximum Gasteiger partial charge on any atom is 0.253 e. The van der Waals surface area contributed by atoms with Crippen LogP contribution in [0.5, 0.6) is 0 Å². The van der Waals surface area contributed by atoms with Crippen LogP contribution in [0.4, 0.5) is 0 Å². The van der Waals surface area contributed by atoms with Crippen molar-refractivity contribution >= 4 is 5.91 Å². The summed E-state index contributed by atoms with van der Waals surface area (Å²) in [7, 11) is 0. The molecule has 144 valence electrons. The highest BCUT2D eigenvalue weighted by Crippen LogP contribution is 2.24. The Morgan fingerprint density at radius 1 is 1.18 bits per heavy atom. The number of nitrogens with one attached hydrogen (secondary N) is 2. The average molecular weight is 377 g/mol. The van der Waals surface area contributed by atoms with Gasteiger partial charge in [-0.2, -0.15) is 0 Å². The van der Waals surface area contributed by atoms with Crippen LogP contribution in [0.1, 0.15) is 34.6 Å². The van der Waals surface area contributed by atoms with Crippen molar-refractivity contribution in [2.24, 2.45) is 0 Å². The number of H-pyrrole nitrogens is 1. The lowest BCUT2D eigenvalue weighted by Crippen LogP contribution is -2.38. The van der Waals surface area contributed by atoms with E-state index in [1.165, 1.54) is 0 Å². The van der Waals surface area contributed by atoms with E-state index < -0.39 is 0 Å². The molecule has 7 heteroatoms. The Labute approximate surface area is 163 Å². The lowest BCUT2D eigenvalue weighted by molar-refractivity contribution is 0.0696. The molecule has 0 radical (unpaired) electrons. The molecule has 3 aromatic heterocycles. The van der Waals surface area contributed by atoms with Gasteiger partial charge in [0.15, 0.2) is 5.82 Å². The number of amides is 1. The van der Waals surface area contributed by atoms with Crippen LogP contribution in [0.25, 0.3) is 22.6 Å². The van der Waals surface area contributed by atoms with Crippen molar-refractivity contribution in [3.8, 4) is 22.6 Å². The number of rotatable bonds is 4. The number of pyridine rings is 2. The molecular weight excluding hydrogens is 354 g/mol. The van der Waals surface area contributed by atoms with E-state index in [1.807, 2.05) is 32.0 Å². The fourth-order valence-corrected chi connectivity index (χ4v) is 3.24. The zero-order chi connectivity index (χ0) is 19.5. The normalized spacial score (nSPS) is 14.8. The molecule has 0 aliphatic carbocycles. The SMILES string of the molecule is Cc1nc(-c2cc(-c3cncc(C(=O)NC4CCOCC4)c3)ccn2)[nH]c1C. The summed E-state index contributed by atoms with van der Waals surface area (Å²) in [5.41, 5.74) is 5.08. The minimum Gasteiger partial charge on any atom is -0.381 e. The third-order valence-electron chi connectivity index (χ3n) is 5.02. The second-order valence-corrected chi connectivity index (χ2v) is 7.05. The van der Waals surface area contributed by atoms with Crippen molar-refractivity contribution in [2.45, 2.75) is 32.7 Å². The number of ether oxygens (including phenoxy) is 1. The molecule has 28 heavy (non-hydrogen) atoms. The maximum atomic E-state index is 12.6. The molecule has 0 bridgehead atoms. The molecule has 1 amide bonds.